The molecule has 0 radical (unpaired) electrons. The molecule has 0 saturated carbocycles. The Hall–Kier alpha value is -0.850. The van der Waals surface area contributed by atoms with Crippen molar-refractivity contribution < 1.29 is 4.79 Å². The van der Waals surface area contributed by atoms with E-state index in [1.54, 1.807) is 0 Å². The third-order valence-electron chi connectivity index (χ3n) is 3.98. The van der Waals surface area contributed by atoms with E-state index >= 15 is 0 Å². The second-order valence-corrected chi connectivity index (χ2v) is 6.24. The lowest BCUT2D eigenvalue weighted by Gasteiger charge is -2.02. The molecule has 0 heterocycles. The van der Waals surface area contributed by atoms with E-state index in [0.717, 1.165) is 44.9 Å². The Bertz CT molecular complexity index is 288. The molecule has 0 aromatic rings. The summed E-state index contributed by atoms with van der Waals surface area (Å²) in [5, 5.41) is 0. The van der Waals surface area contributed by atoms with Gasteiger partial charge in [0, 0.05) is 12.8 Å². The van der Waals surface area contributed by atoms with Gasteiger partial charge in [-0.15, -0.1) is 0 Å². The van der Waals surface area contributed by atoms with Gasteiger partial charge in [-0.2, -0.15) is 0 Å². The van der Waals surface area contributed by atoms with E-state index in [2.05, 4.69) is 38.2 Å². The molecule has 0 fully saturated rings. The molecule has 0 aliphatic carbocycles. The Morgan fingerprint density at radius 2 is 1.27 bits per heavy atom. The largest absolute Gasteiger partial charge is 0.300 e. The topological polar surface area (TPSA) is 17.1 Å². The van der Waals surface area contributed by atoms with Gasteiger partial charge >= 0.3 is 0 Å². The van der Waals surface area contributed by atoms with Crippen LogP contribution in [0.1, 0.15) is 104 Å². The van der Waals surface area contributed by atoms with Gasteiger partial charge in [0.2, 0.25) is 0 Å². The molecule has 0 saturated heterocycles. The van der Waals surface area contributed by atoms with Crippen LogP contribution in [0.4, 0.5) is 0 Å². The summed E-state index contributed by atoms with van der Waals surface area (Å²) in [6.07, 6.45) is 25.0. The van der Waals surface area contributed by atoms with E-state index in [9.17, 15) is 4.79 Å². The van der Waals surface area contributed by atoms with Crippen LogP contribution in [0.2, 0.25) is 0 Å². The van der Waals surface area contributed by atoms with Crippen molar-refractivity contribution in [3.05, 3.63) is 24.3 Å². The number of hydrogen-bond acceptors (Lipinski definition) is 1. The lowest BCUT2D eigenvalue weighted by Crippen LogP contribution is -1.97. The van der Waals surface area contributed by atoms with Crippen molar-refractivity contribution in [1.82, 2.24) is 0 Å². The number of carbonyl (C=O) groups is 1. The highest BCUT2D eigenvalue weighted by atomic mass is 16.1. The summed E-state index contributed by atoms with van der Waals surface area (Å²) in [5.74, 6) is 0.463. The zero-order valence-corrected chi connectivity index (χ0v) is 15.1. The molecule has 0 aromatic carbocycles. The van der Waals surface area contributed by atoms with Gasteiger partial charge in [0.15, 0.2) is 0 Å². The number of Topliss-reactive ketones (excluding diaryl/α,β-unsaturated/α-hetero) is 1. The molecular formula is C21H38O. The third-order valence-corrected chi connectivity index (χ3v) is 3.98. The van der Waals surface area contributed by atoms with Gasteiger partial charge in [-0.1, -0.05) is 83.1 Å². The smallest absolute Gasteiger partial charge is 0.132 e. The van der Waals surface area contributed by atoms with Crippen molar-refractivity contribution >= 4 is 5.78 Å². The van der Waals surface area contributed by atoms with Crippen molar-refractivity contribution in [1.29, 1.82) is 0 Å². The van der Waals surface area contributed by atoms with Crippen molar-refractivity contribution in [3.63, 3.8) is 0 Å². The SMILES string of the molecule is CC/C=C/C/C=C\CCCC(=O)CCCCCCCCCC. The Balaban J connectivity index is 3.27. The maximum Gasteiger partial charge on any atom is 0.132 e. The van der Waals surface area contributed by atoms with Crippen molar-refractivity contribution in [2.24, 2.45) is 0 Å². The first-order valence-electron chi connectivity index (χ1n) is 9.63. The normalized spacial score (nSPS) is 11.7. The van der Waals surface area contributed by atoms with Crippen LogP contribution in [0.25, 0.3) is 0 Å². The molecule has 0 aliphatic rings. The first-order valence-corrected chi connectivity index (χ1v) is 9.63. The van der Waals surface area contributed by atoms with Gasteiger partial charge in [-0.05, 0) is 32.1 Å². The van der Waals surface area contributed by atoms with Crippen LogP contribution in [-0.2, 0) is 4.79 Å². The van der Waals surface area contributed by atoms with Gasteiger partial charge in [0.1, 0.15) is 5.78 Å². The van der Waals surface area contributed by atoms with Gasteiger partial charge in [-0.3, -0.25) is 4.79 Å². The van der Waals surface area contributed by atoms with E-state index in [1.165, 1.54) is 44.9 Å². The van der Waals surface area contributed by atoms with E-state index in [-0.39, 0.29) is 0 Å². The molecule has 22 heavy (non-hydrogen) atoms. The fourth-order valence-corrected chi connectivity index (χ4v) is 2.55. The second kappa shape index (κ2) is 18.2. The first kappa shape index (κ1) is 21.1. The van der Waals surface area contributed by atoms with Gasteiger partial charge in [0.05, 0.1) is 0 Å². The van der Waals surface area contributed by atoms with Gasteiger partial charge < -0.3 is 0 Å². The van der Waals surface area contributed by atoms with Crippen molar-refractivity contribution in [3.8, 4) is 0 Å². The van der Waals surface area contributed by atoms with Crippen LogP contribution in [0, 0.1) is 0 Å². The number of unbranched alkanes of at least 4 members (excludes halogenated alkanes) is 8. The molecule has 1 heteroatoms. The minimum Gasteiger partial charge on any atom is -0.300 e. The lowest BCUT2D eigenvalue weighted by molar-refractivity contribution is -0.119. The molecule has 0 amide bonds. The first-order chi connectivity index (χ1) is 10.8. The van der Waals surface area contributed by atoms with Crippen LogP contribution in [0.3, 0.4) is 0 Å². The Morgan fingerprint density at radius 3 is 1.95 bits per heavy atom. The van der Waals surface area contributed by atoms with E-state index in [4.69, 9.17) is 0 Å². The number of hydrogen-bond donors (Lipinski definition) is 0. The highest BCUT2D eigenvalue weighted by Gasteiger charge is 2.00. The fourth-order valence-electron chi connectivity index (χ4n) is 2.55. The van der Waals surface area contributed by atoms with Gasteiger partial charge in [0.25, 0.3) is 0 Å². The maximum absolute atomic E-state index is 11.8. The summed E-state index contributed by atoms with van der Waals surface area (Å²) in [6.45, 7) is 4.41. The zero-order chi connectivity index (χ0) is 16.3. The Morgan fingerprint density at radius 1 is 0.682 bits per heavy atom. The van der Waals surface area contributed by atoms with Gasteiger partial charge in [-0.25, -0.2) is 0 Å². The molecule has 0 unspecified atom stereocenters. The third kappa shape index (κ3) is 17.2. The molecule has 128 valence electrons. The minimum atomic E-state index is 0.463. The summed E-state index contributed by atoms with van der Waals surface area (Å²) in [4.78, 5) is 11.8. The molecule has 0 rings (SSSR count). The summed E-state index contributed by atoms with van der Waals surface area (Å²) >= 11 is 0. The molecular weight excluding hydrogens is 268 g/mol. The zero-order valence-electron chi connectivity index (χ0n) is 15.1. The predicted octanol–water partition coefficient (Wildman–Crippen LogP) is 7.17. The maximum atomic E-state index is 11.8. The summed E-state index contributed by atoms with van der Waals surface area (Å²) < 4.78 is 0. The summed E-state index contributed by atoms with van der Waals surface area (Å²) in [6, 6.07) is 0. The van der Waals surface area contributed by atoms with Crippen molar-refractivity contribution in [2.45, 2.75) is 104 Å². The Kier molecular flexibility index (Phi) is 17.5. The molecule has 0 aromatic heterocycles. The van der Waals surface area contributed by atoms with Crippen molar-refractivity contribution in [2.75, 3.05) is 0 Å². The fraction of sp³-hybridized carbons (Fsp3) is 0.762. The number of allylic oxidation sites excluding steroid dienone is 4. The van der Waals surface area contributed by atoms with Crippen LogP contribution in [0.5, 0.6) is 0 Å². The summed E-state index contributed by atoms with van der Waals surface area (Å²) in [5.41, 5.74) is 0. The van der Waals surface area contributed by atoms with Crippen LogP contribution >= 0.6 is 0 Å². The average molecular weight is 307 g/mol. The molecule has 0 spiro atoms. The quantitative estimate of drug-likeness (QED) is 0.218. The van der Waals surface area contributed by atoms with E-state index in [0.29, 0.717) is 5.78 Å². The standard InChI is InChI=1S/C21H38O/c1-3-5-7-9-11-13-15-17-19-21(22)20-18-16-14-12-10-8-6-4-2/h5,7,11,13H,3-4,6,8-10,12,14-20H2,1-2H3/b7-5+,13-11-. The number of rotatable bonds is 16. The second-order valence-electron chi connectivity index (χ2n) is 6.24. The van der Waals surface area contributed by atoms with E-state index in [1.807, 2.05) is 0 Å². The molecule has 0 aliphatic heterocycles. The van der Waals surface area contributed by atoms with Crippen LogP contribution in [-0.4, -0.2) is 5.78 Å². The monoisotopic (exact) mass is 306 g/mol. The molecule has 1 nitrogen and oxygen atoms in total. The van der Waals surface area contributed by atoms with E-state index < -0.39 is 0 Å². The minimum absolute atomic E-state index is 0.463. The highest BCUT2D eigenvalue weighted by Crippen LogP contribution is 2.11. The lowest BCUT2D eigenvalue weighted by atomic mass is 10.0. The average Bonchev–Trinajstić information content (AvgIpc) is 2.52. The molecule has 0 atom stereocenters. The highest BCUT2D eigenvalue weighted by molar-refractivity contribution is 5.78. The predicted molar refractivity (Wildman–Crippen MR) is 99.3 cm³/mol. The molecule has 0 N–H and O–H groups in total. The van der Waals surface area contributed by atoms with Crippen LogP contribution < -0.4 is 0 Å². The van der Waals surface area contributed by atoms with Crippen LogP contribution in [0.15, 0.2) is 24.3 Å². The summed E-state index contributed by atoms with van der Waals surface area (Å²) in [7, 11) is 0. The number of ketones is 1. The number of carbonyl (C=O) groups excluding carboxylic acids is 1. The Labute approximate surface area is 139 Å². The molecule has 0 bridgehead atoms.